The Kier molecular flexibility index (Phi) is 9.06. The Morgan fingerprint density at radius 1 is 1.15 bits per heavy atom. The number of hydrogen-bond acceptors (Lipinski definition) is 6. The van der Waals surface area contributed by atoms with Gasteiger partial charge in [0.15, 0.2) is 11.5 Å². The summed E-state index contributed by atoms with van der Waals surface area (Å²) in [6, 6.07) is -0.748. The van der Waals surface area contributed by atoms with Crippen LogP contribution in [0.15, 0.2) is 18.6 Å². The van der Waals surface area contributed by atoms with E-state index in [1.807, 2.05) is 13.8 Å². The maximum atomic E-state index is 14.5. The quantitative estimate of drug-likeness (QED) is 0.364. The van der Waals surface area contributed by atoms with Crippen molar-refractivity contribution in [2.75, 3.05) is 13.1 Å². The van der Waals surface area contributed by atoms with Crippen LogP contribution in [0.5, 0.6) is 0 Å². The number of halogens is 5. The van der Waals surface area contributed by atoms with Gasteiger partial charge in [-0.05, 0) is 51.9 Å². The molecule has 224 valence electrons. The van der Waals surface area contributed by atoms with Gasteiger partial charge in [-0.1, -0.05) is 30.1 Å². The van der Waals surface area contributed by atoms with Crippen molar-refractivity contribution in [2.24, 2.45) is 11.8 Å². The summed E-state index contributed by atoms with van der Waals surface area (Å²) < 4.78 is 50.3. The van der Waals surface area contributed by atoms with Gasteiger partial charge in [0, 0.05) is 18.9 Å². The van der Waals surface area contributed by atoms with Crippen molar-refractivity contribution in [3.05, 3.63) is 45.5 Å². The normalized spacial score (nSPS) is 24.3. The smallest absolute Gasteiger partial charge is 0.433 e. The second-order valence-electron chi connectivity index (χ2n) is 11.4. The highest BCUT2D eigenvalue weighted by Gasteiger charge is 2.45. The number of carboxylic acids is 1. The Morgan fingerprint density at radius 3 is 2.34 bits per heavy atom. The molecule has 3 heterocycles. The summed E-state index contributed by atoms with van der Waals surface area (Å²) in [6.07, 6.45) is -0.478. The Hall–Kier alpha value is -2.70. The van der Waals surface area contributed by atoms with E-state index in [0.717, 1.165) is 15.8 Å². The lowest BCUT2D eigenvalue weighted by Gasteiger charge is -2.33. The number of Topliss-reactive ketones (excluding diaryl/α,β-unsaturated/α-hetero) is 1. The molecule has 1 saturated carbocycles. The van der Waals surface area contributed by atoms with Gasteiger partial charge < -0.3 is 14.7 Å². The summed E-state index contributed by atoms with van der Waals surface area (Å²) in [7, 11) is 0. The molecular formula is C27H31Cl2F3N4O5. The van der Waals surface area contributed by atoms with E-state index in [-0.39, 0.29) is 47.3 Å². The zero-order chi connectivity index (χ0) is 30.3. The van der Waals surface area contributed by atoms with E-state index >= 15 is 0 Å². The molecule has 14 heteroatoms. The lowest BCUT2D eigenvalue weighted by molar-refractivity contribution is -0.149. The Labute approximate surface area is 244 Å². The highest BCUT2D eigenvalue weighted by Crippen LogP contribution is 2.41. The fraction of sp³-hybridized carbons (Fsp3) is 0.593. The van der Waals surface area contributed by atoms with Crippen LogP contribution in [0.25, 0.3) is 0 Å². The van der Waals surface area contributed by atoms with Crippen molar-refractivity contribution in [3.63, 3.8) is 0 Å². The molecule has 1 saturated heterocycles. The average molecular weight is 619 g/mol. The van der Waals surface area contributed by atoms with Gasteiger partial charge in [0.1, 0.15) is 0 Å². The van der Waals surface area contributed by atoms with Gasteiger partial charge in [-0.15, -0.1) is 0 Å². The van der Waals surface area contributed by atoms with Crippen molar-refractivity contribution in [1.82, 2.24) is 19.7 Å². The van der Waals surface area contributed by atoms with Gasteiger partial charge in [0.2, 0.25) is 0 Å². The third kappa shape index (κ3) is 6.86. The number of carboxylic acid groups (broad SMARTS) is 1. The lowest BCUT2D eigenvalue weighted by Crippen LogP contribution is -2.42. The predicted molar refractivity (Wildman–Crippen MR) is 143 cm³/mol. The van der Waals surface area contributed by atoms with Crippen LogP contribution in [0, 0.1) is 11.8 Å². The number of aliphatic carboxylic acids is 1. The molecule has 4 rings (SSSR count). The number of ketones is 1. The molecule has 0 bridgehead atoms. The molecule has 4 atom stereocenters. The lowest BCUT2D eigenvalue weighted by atomic mass is 9.78. The molecule has 0 aromatic carbocycles. The molecule has 2 aromatic heterocycles. The van der Waals surface area contributed by atoms with E-state index in [1.165, 1.54) is 12.4 Å². The van der Waals surface area contributed by atoms with Crippen LogP contribution in [-0.4, -0.2) is 67.2 Å². The molecule has 2 fully saturated rings. The first-order chi connectivity index (χ1) is 19.1. The third-order valence-corrected chi connectivity index (χ3v) is 8.40. The SMILES string of the molecule is C[C@@H]1C[C@@H](n2ncc(C(=O)N(CC(=O)c3c(Cl)cncc3Cl)C[C@H]3CCC(C)(C)O3)c2C(F)(F)F)CC[C@@H]1C(=O)O. The average Bonchev–Trinajstić information content (AvgIpc) is 3.46. The second kappa shape index (κ2) is 11.9. The maximum absolute atomic E-state index is 14.5. The van der Waals surface area contributed by atoms with Gasteiger partial charge in [0.25, 0.3) is 5.91 Å². The summed E-state index contributed by atoms with van der Waals surface area (Å²) in [5, 5.41) is 13.3. The number of carbonyl (C=O) groups excluding carboxylic acids is 2. The monoisotopic (exact) mass is 618 g/mol. The van der Waals surface area contributed by atoms with Crippen LogP contribution in [-0.2, 0) is 15.7 Å². The molecule has 1 amide bonds. The third-order valence-electron chi connectivity index (χ3n) is 7.83. The summed E-state index contributed by atoms with van der Waals surface area (Å²) in [6.45, 7) is 4.67. The van der Waals surface area contributed by atoms with Crippen LogP contribution in [0.1, 0.15) is 85.3 Å². The number of aromatic nitrogens is 3. The van der Waals surface area contributed by atoms with Crippen LogP contribution < -0.4 is 0 Å². The maximum Gasteiger partial charge on any atom is 0.433 e. The highest BCUT2D eigenvalue weighted by molar-refractivity contribution is 6.39. The molecule has 9 nitrogen and oxygen atoms in total. The standard InChI is InChI=1S/C27H31Cl2F3N4O5/c1-14-8-15(4-5-17(14)25(39)40)36-23(27(30,31)32)18(9-34-36)24(38)35(12-16-6-7-26(2,3)41-16)13-21(37)22-19(28)10-33-11-20(22)29/h9-11,14-17H,4-8,12-13H2,1-3H3,(H,39,40)/t14-,15+,16-,17+/m1/s1. The van der Waals surface area contributed by atoms with Crippen molar-refractivity contribution in [1.29, 1.82) is 0 Å². The van der Waals surface area contributed by atoms with Crippen LogP contribution in [0.3, 0.4) is 0 Å². The number of ether oxygens (including phenoxy) is 1. The van der Waals surface area contributed by atoms with Gasteiger partial charge in [-0.2, -0.15) is 18.3 Å². The zero-order valence-corrected chi connectivity index (χ0v) is 24.3. The van der Waals surface area contributed by atoms with Crippen molar-refractivity contribution >= 4 is 40.9 Å². The minimum Gasteiger partial charge on any atom is -0.481 e. The van der Waals surface area contributed by atoms with E-state index in [2.05, 4.69) is 10.1 Å². The van der Waals surface area contributed by atoms with Gasteiger partial charge in [-0.25, -0.2) is 0 Å². The molecule has 1 aliphatic carbocycles. The van der Waals surface area contributed by atoms with Crippen molar-refractivity contribution < 1.29 is 37.4 Å². The fourth-order valence-corrected chi connectivity index (χ4v) is 6.38. The molecule has 1 aliphatic heterocycles. The Morgan fingerprint density at radius 2 is 1.80 bits per heavy atom. The van der Waals surface area contributed by atoms with E-state index in [4.69, 9.17) is 27.9 Å². The molecule has 1 N–H and O–H groups in total. The molecule has 2 aliphatic rings. The number of alkyl halides is 3. The Balaban J connectivity index is 1.68. The van der Waals surface area contributed by atoms with Crippen molar-refractivity contribution in [3.8, 4) is 0 Å². The predicted octanol–water partition coefficient (Wildman–Crippen LogP) is 5.95. The molecule has 2 aromatic rings. The Bertz CT molecular complexity index is 1310. The molecule has 0 unspecified atom stereocenters. The first-order valence-electron chi connectivity index (χ1n) is 13.3. The first-order valence-corrected chi connectivity index (χ1v) is 14.0. The topological polar surface area (TPSA) is 115 Å². The zero-order valence-electron chi connectivity index (χ0n) is 22.8. The molecular weight excluding hydrogens is 588 g/mol. The summed E-state index contributed by atoms with van der Waals surface area (Å²) in [5.41, 5.74) is -2.53. The van der Waals surface area contributed by atoms with Gasteiger partial charge in [0.05, 0.1) is 57.6 Å². The molecule has 0 radical (unpaired) electrons. The van der Waals surface area contributed by atoms with Crippen molar-refractivity contribution in [2.45, 2.75) is 76.8 Å². The summed E-state index contributed by atoms with van der Waals surface area (Å²) in [5.74, 6) is -3.76. The summed E-state index contributed by atoms with van der Waals surface area (Å²) in [4.78, 5) is 43.4. The number of carbonyl (C=O) groups is 3. The minimum atomic E-state index is -4.95. The van der Waals surface area contributed by atoms with Gasteiger partial charge in [-0.3, -0.25) is 24.0 Å². The number of amides is 1. The fourth-order valence-electron chi connectivity index (χ4n) is 5.81. The van der Waals surface area contributed by atoms with E-state index in [1.54, 1.807) is 6.92 Å². The second-order valence-corrected chi connectivity index (χ2v) is 12.2. The number of hydrogen-bond donors (Lipinski definition) is 1. The highest BCUT2D eigenvalue weighted by atomic mass is 35.5. The number of rotatable bonds is 8. The van der Waals surface area contributed by atoms with Gasteiger partial charge >= 0.3 is 12.1 Å². The minimum absolute atomic E-state index is 0.0527. The van der Waals surface area contributed by atoms with E-state index in [9.17, 15) is 32.7 Å². The summed E-state index contributed by atoms with van der Waals surface area (Å²) >= 11 is 12.3. The van der Waals surface area contributed by atoms with E-state index in [0.29, 0.717) is 12.8 Å². The van der Waals surface area contributed by atoms with Crippen LogP contribution >= 0.6 is 23.2 Å². The molecule has 0 spiro atoms. The molecule has 41 heavy (non-hydrogen) atoms. The number of pyridine rings is 1. The largest absolute Gasteiger partial charge is 0.481 e. The van der Waals surface area contributed by atoms with Crippen LogP contribution in [0.4, 0.5) is 13.2 Å². The number of nitrogens with zero attached hydrogens (tertiary/aromatic N) is 4. The van der Waals surface area contributed by atoms with Crippen LogP contribution in [0.2, 0.25) is 10.0 Å². The van der Waals surface area contributed by atoms with E-state index < -0.39 is 65.3 Å². The first kappa shape index (κ1) is 31.2.